The number of nitrogens with zero attached hydrogens (tertiary/aromatic N) is 2. The summed E-state index contributed by atoms with van der Waals surface area (Å²) in [6.07, 6.45) is 0. The van der Waals surface area contributed by atoms with Crippen molar-refractivity contribution in [3.05, 3.63) is 253 Å². The summed E-state index contributed by atoms with van der Waals surface area (Å²) >= 11 is 0. The molecule has 0 atom stereocenters. The SMILES string of the molecule is c1ccc(-c2cccc(-c3cc(-c4ccc(-c5ccc6c(c5)C(c5ccccc5)(c5ccccc5)c5ccccc5-6)c5ccccc45)nc(-c4ccccc4)n3)c2)cc1. The second kappa shape index (κ2) is 14.4. The van der Waals surface area contributed by atoms with Crippen molar-refractivity contribution >= 4 is 10.8 Å². The van der Waals surface area contributed by atoms with Gasteiger partial charge in [-0.1, -0.05) is 212 Å². The van der Waals surface area contributed by atoms with E-state index >= 15 is 0 Å². The maximum absolute atomic E-state index is 5.28. The minimum atomic E-state index is -0.469. The molecule has 9 aromatic carbocycles. The summed E-state index contributed by atoms with van der Waals surface area (Å²) in [5.74, 6) is 0.702. The van der Waals surface area contributed by atoms with Gasteiger partial charge in [-0.15, -0.1) is 0 Å². The number of hydrogen-bond donors (Lipinski definition) is 0. The zero-order valence-electron chi connectivity index (χ0n) is 32.3. The first-order valence-electron chi connectivity index (χ1n) is 20.2. The number of aromatic nitrogens is 2. The fourth-order valence-corrected chi connectivity index (χ4v) is 9.32. The van der Waals surface area contributed by atoms with Crippen LogP contribution in [0.25, 0.3) is 78.1 Å². The predicted octanol–water partition coefficient (Wildman–Crippen LogP) is 14.3. The lowest BCUT2D eigenvalue weighted by molar-refractivity contribution is 0.769. The van der Waals surface area contributed by atoms with Gasteiger partial charge in [0, 0.05) is 16.7 Å². The van der Waals surface area contributed by atoms with Crippen LogP contribution in [-0.2, 0) is 5.41 Å². The Morgan fingerprint density at radius 1 is 0.271 bits per heavy atom. The first kappa shape index (κ1) is 34.6. The molecule has 2 heteroatoms. The Bertz CT molecular complexity index is 3100. The van der Waals surface area contributed by atoms with Crippen LogP contribution in [0.2, 0.25) is 0 Å². The molecule has 0 aliphatic heterocycles. The van der Waals surface area contributed by atoms with Gasteiger partial charge in [0.05, 0.1) is 16.8 Å². The summed E-state index contributed by atoms with van der Waals surface area (Å²) in [5, 5.41) is 2.32. The van der Waals surface area contributed by atoms with Crippen LogP contribution in [0.3, 0.4) is 0 Å². The Balaban J connectivity index is 1.10. The van der Waals surface area contributed by atoms with Gasteiger partial charge in [0.15, 0.2) is 5.82 Å². The molecule has 1 aromatic heterocycles. The lowest BCUT2D eigenvalue weighted by atomic mass is 9.67. The van der Waals surface area contributed by atoms with Crippen molar-refractivity contribution < 1.29 is 0 Å². The third-order valence-electron chi connectivity index (χ3n) is 12.0. The molecular formula is C57H38N2. The molecule has 1 aliphatic carbocycles. The van der Waals surface area contributed by atoms with Crippen LogP contribution in [0.4, 0.5) is 0 Å². The topological polar surface area (TPSA) is 25.8 Å². The van der Waals surface area contributed by atoms with Crippen LogP contribution < -0.4 is 0 Å². The average Bonchev–Trinajstić information content (AvgIpc) is 3.62. The molecule has 0 spiro atoms. The first-order valence-corrected chi connectivity index (χ1v) is 20.2. The monoisotopic (exact) mass is 750 g/mol. The summed E-state index contributed by atoms with van der Waals surface area (Å²) in [6.45, 7) is 0. The van der Waals surface area contributed by atoms with Crippen LogP contribution >= 0.6 is 0 Å². The summed E-state index contributed by atoms with van der Waals surface area (Å²) in [7, 11) is 0. The zero-order valence-corrected chi connectivity index (χ0v) is 32.3. The first-order chi connectivity index (χ1) is 29.3. The van der Waals surface area contributed by atoms with Gasteiger partial charge in [-0.2, -0.15) is 0 Å². The quantitative estimate of drug-likeness (QED) is 0.162. The average molecular weight is 751 g/mol. The molecule has 11 rings (SSSR count). The Kier molecular flexibility index (Phi) is 8.41. The fourth-order valence-electron chi connectivity index (χ4n) is 9.32. The van der Waals surface area contributed by atoms with E-state index < -0.39 is 5.41 Å². The summed E-state index contributed by atoms with van der Waals surface area (Å²) in [6, 6.07) is 83.0. The Morgan fingerprint density at radius 3 is 1.49 bits per heavy atom. The second-order valence-corrected chi connectivity index (χ2v) is 15.3. The number of benzene rings is 9. The van der Waals surface area contributed by atoms with Gasteiger partial charge in [0.1, 0.15) is 0 Å². The molecule has 0 bridgehead atoms. The van der Waals surface area contributed by atoms with Crippen molar-refractivity contribution in [2.45, 2.75) is 5.41 Å². The molecule has 0 N–H and O–H groups in total. The van der Waals surface area contributed by atoms with E-state index in [2.05, 4.69) is 212 Å². The highest BCUT2D eigenvalue weighted by Gasteiger charge is 2.46. The molecule has 276 valence electrons. The molecule has 0 saturated carbocycles. The van der Waals surface area contributed by atoms with Gasteiger partial charge in [0.2, 0.25) is 0 Å². The van der Waals surface area contributed by atoms with E-state index in [4.69, 9.17) is 9.97 Å². The van der Waals surface area contributed by atoms with E-state index in [-0.39, 0.29) is 0 Å². The highest BCUT2D eigenvalue weighted by atomic mass is 14.9. The van der Waals surface area contributed by atoms with Crippen LogP contribution in [0.15, 0.2) is 231 Å². The Morgan fingerprint density at radius 2 is 0.780 bits per heavy atom. The molecule has 10 aromatic rings. The van der Waals surface area contributed by atoms with E-state index in [1.807, 2.05) is 18.2 Å². The summed E-state index contributed by atoms with van der Waals surface area (Å²) in [4.78, 5) is 10.5. The molecule has 59 heavy (non-hydrogen) atoms. The van der Waals surface area contributed by atoms with Crippen LogP contribution in [0.1, 0.15) is 22.3 Å². The molecule has 0 unspecified atom stereocenters. The van der Waals surface area contributed by atoms with Crippen molar-refractivity contribution in [1.82, 2.24) is 9.97 Å². The van der Waals surface area contributed by atoms with Crippen molar-refractivity contribution in [3.8, 4) is 67.3 Å². The van der Waals surface area contributed by atoms with E-state index in [0.717, 1.165) is 39.0 Å². The summed E-state index contributed by atoms with van der Waals surface area (Å²) in [5.41, 5.74) is 16.8. The lowest BCUT2D eigenvalue weighted by Gasteiger charge is -2.34. The molecule has 0 radical (unpaired) electrons. The highest BCUT2D eigenvalue weighted by Crippen LogP contribution is 2.57. The maximum Gasteiger partial charge on any atom is 0.160 e. The number of hydrogen-bond acceptors (Lipinski definition) is 2. The standard InChI is InChI=1S/C57H38N2/c1-5-18-39(19-6-1)41-22-17-23-43(36-41)54-38-55(59-56(58-54)40-20-7-2-8-21-40)51-35-34-46(47-28-13-14-29-48(47)51)42-32-33-50-49-30-15-16-31-52(49)57(53(50)37-42,44-24-9-3-10-25-44)45-26-11-4-12-27-45/h1-38H. The van der Waals surface area contributed by atoms with Crippen LogP contribution in [0.5, 0.6) is 0 Å². The zero-order chi connectivity index (χ0) is 39.2. The van der Waals surface area contributed by atoms with Crippen molar-refractivity contribution in [2.24, 2.45) is 0 Å². The Hall–Kier alpha value is -7.68. The third kappa shape index (κ3) is 5.80. The largest absolute Gasteiger partial charge is 0.228 e. The van der Waals surface area contributed by atoms with Crippen molar-refractivity contribution in [2.75, 3.05) is 0 Å². The minimum absolute atomic E-state index is 0.469. The van der Waals surface area contributed by atoms with Crippen molar-refractivity contribution in [3.63, 3.8) is 0 Å². The van der Waals surface area contributed by atoms with Gasteiger partial charge in [-0.25, -0.2) is 9.97 Å². The smallest absolute Gasteiger partial charge is 0.160 e. The van der Waals surface area contributed by atoms with Gasteiger partial charge in [0.25, 0.3) is 0 Å². The highest BCUT2D eigenvalue weighted by molar-refractivity contribution is 6.05. The van der Waals surface area contributed by atoms with E-state index in [0.29, 0.717) is 5.82 Å². The normalized spacial score (nSPS) is 12.5. The van der Waals surface area contributed by atoms with Crippen LogP contribution in [0, 0.1) is 0 Å². The maximum atomic E-state index is 5.28. The van der Waals surface area contributed by atoms with Gasteiger partial charge < -0.3 is 0 Å². The third-order valence-corrected chi connectivity index (χ3v) is 12.0. The van der Waals surface area contributed by atoms with Crippen molar-refractivity contribution in [1.29, 1.82) is 0 Å². The van der Waals surface area contributed by atoms with E-state index in [1.165, 1.54) is 55.5 Å². The van der Waals surface area contributed by atoms with E-state index in [9.17, 15) is 0 Å². The molecule has 0 amide bonds. The second-order valence-electron chi connectivity index (χ2n) is 15.3. The molecular weight excluding hydrogens is 713 g/mol. The van der Waals surface area contributed by atoms with Gasteiger partial charge in [-0.05, 0) is 84.6 Å². The number of rotatable bonds is 7. The molecule has 2 nitrogen and oxygen atoms in total. The summed E-state index contributed by atoms with van der Waals surface area (Å²) < 4.78 is 0. The predicted molar refractivity (Wildman–Crippen MR) is 244 cm³/mol. The number of fused-ring (bicyclic) bond motifs is 4. The van der Waals surface area contributed by atoms with Gasteiger partial charge in [-0.3, -0.25) is 0 Å². The molecule has 0 fully saturated rings. The fraction of sp³-hybridized carbons (Fsp3) is 0.0175. The molecule has 1 heterocycles. The lowest BCUT2D eigenvalue weighted by Crippen LogP contribution is -2.28. The Labute approximate surface area is 344 Å². The molecule has 1 aliphatic rings. The van der Waals surface area contributed by atoms with Crippen LogP contribution in [-0.4, -0.2) is 9.97 Å². The minimum Gasteiger partial charge on any atom is -0.228 e. The van der Waals surface area contributed by atoms with Gasteiger partial charge >= 0.3 is 0 Å². The molecule has 0 saturated heterocycles. The van der Waals surface area contributed by atoms with E-state index in [1.54, 1.807) is 0 Å².